The van der Waals surface area contributed by atoms with Crippen LogP contribution in [0.3, 0.4) is 0 Å². The SMILES string of the molecule is CC(C)c1ccccc1N(O)N=O. The van der Waals surface area contributed by atoms with Gasteiger partial charge in [-0.25, -0.2) is 0 Å². The minimum Gasteiger partial charge on any atom is -0.265 e. The molecule has 0 bridgehead atoms. The minimum atomic E-state index is 0.243. The molecule has 0 aliphatic rings. The van der Waals surface area contributed by atoms with Crippen molar-refractivity contribution in [3.8, 4) is 0 Å². The van der Waals surface area contributed by atoms with Gasteiger partial charge in [-0.2, -0.15) is 0 Å². The summed E-state index contributed by atoms with van der Waals surface area (Å²) in [6.45, 7) is 3.97. The summed E-state index contributed by atoms with van der Waals surface area (Å²) >= 11 is 0. The lowest BCUT2D eigenvalue weighted by Gasteiger charge is -2.14. The lowest BCUT2D eigenvalue weighted by Crippen LogP contribution is -2.10. The first kappa shape index (κ1) is 9.67. The van der Waals surface area contributed by atoms with Crippen LogP contribution in [-0.4, -0.2) is 5.21 Å². The van der Waals surface area contributed by atoms with E-state index in [4.69, 9.17) is 5.21 Å². The maximum Gasteiger partial charge on any atom is 0.0967 e. The molecule has 4 heteroatoms. The molecule has 0 amide bonds. The van der Waals surface area contributed by atoms with Gasteiger partial charge in [-0.15, -0.1) is 10.1 Å². The van der Waals surface area contributed by atoms with Crippen molar-refractivity contribution < 1.29 is 5.21 Å². The first-order valence-corrected chi connectivity index (χ1v) is 4.08. The summed E-state index contributed by atoms with van der Waals surface area (Å²) in [7, 11) is 0. The van der Waals surface area contributed by atoms with Crippen molar-refractivity contribution in [2.24, 2.45) is 5.29 Å². The van der Waals surface area contributed by atoms with E-state index < -0.39 is 0 Å². The van der Waals surface area contributed by atoms with Crippen LogP contribution in [0.4, 0.5) is 5.69 Å². The Morgan fingerprint density at radius 2 is 2.00 bits per heavy atom. The number of nitroso groups, excluding NO2 is 1. The molecule has 0 aliphatic heterocycles. The van der Waals surface area contributed by atoms with Gasteiger partial charge < -0.3 is 0 Å². The second-order valence-electron chi connectivity index (χ2n) is 3.08. The molecule has 1 N–H and O–H groups in total. The largest absolute Gasteiger partial charge is 0.265 e. The van der Waals surface area contributed by atoms with E-state index in [0.29, 0.717) is 10.9 Å². The first-order chi connectivity index (χ1) is 6.16. The Morgan fingerprint density at radius 3 is 2.54 bits per heavy atom. The fourth-order valence-electron chi connectivity index (χ4n) is 1.20. The standard InChI is InChI=1S/C9H12N2O2/c1-7(2)8-5-3-4-6-9(8)11(13)10-12/h3-7,13H,1-2H3. The third-order valence-corrected chi connectivity index (χ3v) is 1.85. The molecule has 4 nitrogen and oxygen atoms in total. The van der Waals surface area contributed by atoms with Gasteiger partial charge in [0.1, 0.15) is 0 Å². The Kier molecular flexibility index (Phi) is 2.97. The number of anilines is 1. The highest BCUT2D eigenvalue weighted by molar-refractivity contribution is 5.52. The number of nitrogens with zero attached hydrogens (tertiary/aromatic N) is 2. The summed E-state index contributed by atoms with van der Waals surface area (Å²) in [6, 6.07) is 7.11. The highest BCUT2D eigenvalue weighted by Gasteiger charge is 2.10. The predicted molar refractivity (Wildman–Crippen MR) is 50.6 cm³/mol. The monoisotopic (exact) mass is 180 g/mol. The van der Waals surface area contributed by atoms with E-state index in [9.17, 15) is 4.91 Å². The Labute approximate surface area is 76.7 Å². The van der Waals surface area contributed by atoms with Crippen LogP contribution < -0.4 is 5.17 Å². The van der Waals surface area contributed by atoms with Crippen LogP contribution in [0.15, 0.2) is 29.6 Å². The molecular formula is C9H12N2O2. The fraction of sp³-hybridized carbons (Fsp3) is 0.333. The average molecular weight is 180 g/mol. The van der Waals surface area contributed by atoms with Gasteiger partial charge in [-0.1, -0.05) is 32.0 Å². The van der Waals surface area contributed by atoms with Crippen LogP contribution in [0.1, 0.15) is 25.3 Å². The second-order valence-corrected chi connectivity index (χ2v) is 3.08. The molecule has 1 aromatic rings. The van der Waals surface area contributed by atoms with Gasteiger partial charge in [0.25, 0.3) is 0 Å². The summed E-state index contributed by atoms with van der Waals surface area (Å²) in [6.07, 6.45) is 0. The first-order valence-electron chi connectivity index (χ1n) is 4.08. The molecule has 0 heterocycles. The fourth-order valence-corrected chi connectivity index (χ4v) is 1.20. The second kappa shape index (κ2) is 4.00. The van der Waals surface area contributed by atoms with Crippen LogP contribution in [0.2, 0.25) is 0 Å². The highest BCUT2D eigenvalue weighted by Crippen LogP contribution is 2.26. The van der Waals surface area contributed by atoms with Crippen LogP contribution in [-0.2, 0) is 0 Å². The zero-order chi connectivity index (χ0) is 9.84. The highest BCUT2D eigenvalue weighted by atomic mass is 16.6. The molecule has 0 spiro atoms. The molecule has 0 fully saturated rings. The topological polar surface area (TPSA) is 52.9 Å². The minimum absolute atomic E-state index is 0.243. The molecule has 1 rings (SSSR count). The van der Waals surface area contributed by atoms with Gasteiger partial charge in [0.15, 0.2) is 0 Å². The Morgan fingerprint density at radius 1 is 1.38 bits per heavy atom. The van der Waals surface area contributed by atoms with E-state index in [0.717, 1.165) is 5.56 Å². The Bertz CT molecular complexity index is 299. The smallest absolute Gasteiger partial charge is 0.0967 e. The van der Waals surface area contributed by atoms with E-state index in [1.165, 1.54) is 0 Å². The van der Waals surface area contributed by atoms with Gasteiger partial charge in [0, 0.05) is 0 Å². The van der Waals surface area contributed by atoms with Crippen molar-refractivity contribution in [1.82, 2.24) is 0 Å². The zero-order valence-electron chi connectivity index (χ0n) is 7.64. The summed E-state index contributed by atoms with van der Waals surface area (Å²) in [5, 5.41) is 11.9. The molecule has 13 heavy (non-hydrogen) atoms. The van der Waals surface area contributed by atoms with Gasteiger partial charge in [-0.05, 0) is 17.5 Å². The molecule has 0 saturated carbocycles. The van der Waals surface area contributed by atoms with Crippen LogP contribution in [0.5, 0.6) is 0 Å². The van der Waals surface area contributed by atoms with Gasteiger partial charge in [0.05, 0.1) is 11.0 Å². The van der Waals surface area contributed by atoms with Crippen molar-refractivity contribution in [2.45, 2.75) is 19.8 Å². The number of hydrogen-bond acceptors (Lipinski definition) is 3. The normalized spacial score (nSPS) is 10.2. The van der Waals surface area contributed by atoms with Gasteiger partial charge in [-0.3, -0.25) is 5.21 Å². The van der Waals surface area contributed by atoms with Crippen LogP contribution in [0.25, 0.3) is 0 Å². The quantitative estimate of drug-likeness (QED) is 0.574. The molecular weight excluding hydrogens is 168 g/mol. The number of benzene rings is 1. The van der Waals surface area contributed by atoms with E-state index in [2.05, 4.69) is 5.29 Å². The lowest BCUT2D eigenvalue weighted by atomic mass is 10.0. The molecule has 0 aliphatic carbocycles. The molecule has 0 saturated heterocycles. The Balaban J connectivity index is 3.11. The third kappa shape index (κ3) is 2.03. The van der Waals surface area contributed by atoms with Crippen molar-refractivity contribution in [3.63, 3.8) is 0 Å². The lowest BCUT2D eigenvalue weighted by molar-refractivity contribution is 0.257. The zero-order valence-corrected chi connectivity index (χ0v) is 7.64. The summed E-state index contributed by atoms with van der Waals surface area (Å²) < 4.78 is 0. The number of rotatable bonds is 3. The van der Waals surface area contributed by atoms with Gasteiger partial charge in [0.2, 0.25) is 0 Å². The van der Waals surface area contributed by atoms with Crippen molar-refractivity contribution >= 4 is 5.69 Å². The van der Waals surface area contributed by atoms with Crippen molar-refractivity contribution in [1.29, 1.82) is 0 Å². The van der Waals surface area contributed by atoms with E-state index in [1.807, 2.05) is 26.0 Å². The van der Waals surface area contributed by atoms with E-state index >= 15 is 0 Å². The Hall–Kier alpha value is -1.42. The number of para-hydroxylation sites is 1. The molecule has 0 atom stereocenters. The van der Waals surface area contributed by atoms with Crippen LogP contribution >= 0.6 is 0 Å². The molecule has 0 aromatic heterocycles. The number of hydrogen-bond donors (Lipinski definition) is 1. The van der Waals surface area contributed by atoms with E-state index in [-0.39, 0.29) is 5.92 Å². The predicted octanol–water partition coefficient (Wildman–Crippen LogP) is 2.69. The molecule has 0 unspecified atom stereocenters. The van der Waals surface area contributed by atoms with Gasteiger partial charge >= 0.3 is 0 Å². The molecule has 0 radical (unpaired) electrons. The van der Waals surface area contributed by atoms with Crippen molar-refractivity contribution in [2.75, 3.05) is 5.17 Å². The maximum absolute atomic E-state index is 10.1. The summed E-state index contributed by atoms with van der Waals surface area (Å²) in [4.78, 5) is 10.1. The van der Waals surface area contributed by atoms with Crippen molar-refractivity contribution in [3.05, 3.63) is 34.7 Å². The van der Waals surface area contributed by atoms with Crippen LogP contribution in [0, 0.1) is 4.91 Å². The molecule has 70 valence electrons. The average Bonchev–Trinajstić information content (AvgIpc) is 2.16. The summed E-state index contributed by atoms with van der Waals surface area (Å²) in [5.74, 6) is 0.243. The van der Waals surface area contributed by atoms with E-state index in [1.54, 1.807) is 12.1 Å². The molecule has 1 aromatic carbocycles. The maximum atomic E-state index is 10.1. The summed E-state index contributed by atoms with van der Waals surface area (Å²) in [5.41, 5.74) is 1.33. The third-order valence-electron chi connectivity index (χ3n) is 1.85.